The van der Waals surface area contributed by atoms with E-state index in [4.69, 9.17) is 9.47 Å². The fourth-order valence-corrected chi connectivity index (χ4v) is 2.48. The average molecular weight is 467 g/mol. The summed E-state index contributed by atoms with van der Waals surface area (Å²) in [7, 11) is 0. The fourth-order valence-electron chi connectivity index (χ4n) is 2.12. The van der Waals surface area contributed by atoms with Gasteiger partial charge in [0.25, 0.3) is 5.91 Å². The molecule has 1 amide bonds. The van der Waals surface area contributed by atoms with Gasteiger partial charge in [0, 0.05) is 20.9 Å². The fraction of sp³-hybridized carbons (Fsp3) is 0.263. The average Bonchev–Trinajstić information content (AvgIpc) is 2.63. The van der Waals surface area contributed by atoms with Gasteiger partial charge >= 0.3 is 0 Å². The Balaban J connectivity index is 1.90. The van der Waals surface area contributed by atoms with E-state index >= 15 is 0 Å². The standard InChI is InChI=1S/C19H22IN3O3/c1-3-25-17-10-5-14(18(11-17)26-4-2)12-22-23-19(24)13-21-16-8-6-15(20)7-9-16/h5-12,21H,3-4,13H2,1-2H3,(H,23,24)/b22-12-. The molecule has 0 aliphatic rings. The minimum absolute atomic E-state index is 0.138. The molecule has 0 aromatic heterocycles. The van der Waals surface area contributed by atoms with E-state index in [1.807, 2.05) is 56.3 Å². The molecule has 0 radical (unpaired) electrons. The summed E-state index contributed by atoms with van der Waals surface area (Å²) in [6.07, 6.45) is 1.56. The van der Waals surface area contributed by atoms with Crippen molar-refractivity contribution in [2.75, 3.05) is 25.1 Å². The number of hydrogen-bond acceptors (Lipinski definition) is 5. The molecule has 7 heteroatoms. The second-order valence-corrected chi connectivity index (χ2v) is 6.46. The lowest BCUT2D eigenvalue weighted by Gasteiger charge is -2.10. The van der Waals surface area contributed by atoms with E-state index in [1.54, 1.807) is 6.21 Å². The molecule has 0 saturated carbocycles. The molecule has 2 aromatic rings. The number of hydrogen-bond donors (Lipinski definition) is 2. The molecule has 0 unspecified atom stereocenters. The molecule has 138 valence electrons. The van der Waals surface area contributed by atoms with Crippen molar-refractivity contribution < 1.29 is 14.3 Å². The molecular weight excluding hydrogens is 445 g/mol. The number of amides is 1. The largest absolute Gasteiger partial charge is 0.494 e. The highest BCUT2D eigenvalue weighted by atomic mass is 127. The lowest BCUT2D eigenvalue weighted by Crippen LogP contribution is -2.25. The molecule has 0 bridgehead atoms. The van der Waals surface area contributed by atoms with Gasteiger partial charge in [-0.3, -0.25) is 4.79 Å². The lowest BCUT2D eigenvalue weighted by molar-refractivity contribution is -0.119. The minimum Gasteiger partial charge on any atom is -0.494 e. The topological polar surface area (TPSA) is 72.0 Å². The number of rotatable bonds is 9. The number of anilines is 1. The van der Waals surface area contributed by atoms with Crippen LogP contribution in [0.2, 0.25) is 0 Å². The summed E-state index contributed by atoms with van der Waals surface area (Å²) < 4.78 is 12.2. The maximum atomic E-state index is 11.9. The molecule has 6 nitrogen and oxygen atoms in total. The first kappa shape index (κ1) is 20.0. The summed E-state index contributed by atoms with van der Waals surface area (Å²) in [5.74, 6) is 1.16. The molecule has 0 fully saturated rings. The molecule has 0 heterocycles. The van der Waals surface area contributed by atoms with Crippen molar-refractivity contribution in [3.8, 4) is 11.5 Å². The van der Waals surface area contributed by atoms with Crippen LogP contribution in [0.3, 0.4) is 0 Å². The third-order valence-electron chi connectivity index (χ3n) is 3.29. The highest BCUT2D eigenvalue weighted by Gasteiger charge is 2.05. The molecule has 26 heavy (non-hydrogen) atoms. The first-order valence-electron chi connectivity index (χ1n) is 8.33. The number of halogens is 1. The summed E-state index contributed by atoms with van der Waals surface area (Å²) in [6, 6.07) is 13.3. The Morgan fingerprint density at radius 2 is 1.85 bits per heavy atom. The molecule has 2 aromatic carbocycles. The van der Waals surface area contributed by atoms with E-state index in [9.17, 15) is 4.79 Å². The smallest absolute Gasteiger partial charge is 0.259 e. The van der Waals surface area contributed by atoms with Gasteiger partial charge in [0.05, 0.1) is 26.0 Å². The SMILES string of the molecule is CCOc1ccc(/C=N\NC(=O)CNc2ccc(I)cc2)c(OCC)c1. The van der Waals surface area contributed by atoms with Crippen molar-refractivity contribution in [2.24, 2.45) is 5.10 Å². The molecule has 0 aliphatic carbocycles. The molecule has 0 atom stereocenters. The monoisotopic (exact) mass is 467 g/mol. The Morgan fingerprint density at radius 1 is 1.12 bits per heavy atom. The van der Waals surface area contributed by atoms with Crippen molar-refractivity contribution in [1.82, 2.24) is 5.43 Å². The Bertz CT molecular complexity index is 748. The van der Waals surface area contributed by atoms with Crippen molar-refractivity contribution in [1.29, 1.82) is 0 Å². The van der Waals surface area contributed by atoms with Crippen LogP contribution in [0.5, 0.6) is 11.5 Å². The maximum Gasteiger partial charge on any atom is 0.259 e. The van der Waals surface area contributed by atoms with Crippen LogP contribution in [-0.2, 0) is 4.79 Å². The first-order chi connectivity index (χ1) is 12.6. The third kappa shape index (κ3) is 6.55. The highest BCUT2D eigenvalue weighted by molar-refractivity contribution is 14.1. The van der Waals surface area contributed by atoms with E-state index in [1.165, 1.54) is 0 Å². The van der Waals surface area contributed by atoms with Crippen molar-refractivity contribution in [3.63, 3.8) is 0 Å². The third-order valence-corrected chi connectivity index (χ3v) is 4.01. The maximum absolute atomic E-state index is 11.9. The van der Waals surface area contributed by atoms with E-state index in [2.05, 4.69) is 38.4 Å². The van der Waals surface area contributed by atoms with Crippen LogP contribution < -0.4 is 20.2 Å². The summed E-state index contributed by atoms with van der Waals surface area (Å²) >= 11 is 2.23. The number of nitrogens with one attached hydrogen (secondary N) is 2. The Morgan fingerprint density at radius 3 is 2.54 bits per heavy atom. The van der Waals surface area contributed by atoms with Crippen LogP contribution >= 0.6 is 22.6 Å². The van der Waals surface area contributed by atoms with E-state index in [0.29, 0.717) is 19.0 Å². The van der Waals surface area contributed by atoms with Gasteiger partial charge in [0.15, 0.2) is 0 Å². The molecule has 2 N–H and O–H groups in total. The zero-order valence-corrected chi connectivity index (χ0v) is 16.9. The number of carbonyl (C=O) groups excluding carboxylic acids is 1. The van der Waals surface area contributed by atoms with Crippen LogP contribution in [0.25, 0.3) is 0 Å². The molecule has 2 rings (SSSR count). The predicted octanol–water partition coefficient (Wildman–Crippen LogP) is 3.65. The summed E-state index contributed by atoms with van der Waals surface area (Å²) in [4.78, 5) is 11.9. The van der Waals surface area contributed by atoms with Crippen molar-refractivity contribution in [3.05, 3.63) is 51.6 Å². The summed E-state index contributed by atoms with van der Waals surface area (Å²) in [6.45, 7) is 5.09. The van der Waals surface area contributed by atoms with Crippen LogP contribution in [0, 0.1) is 3.57 Å². The predicted molar refractivity (Wildman–Crippen MR) is 112 cm³/mol. The Kier molecular flexibility index (Phi) is 8.20. The van der Waals surface area contributed by atoms with Crippen LogP contribution in [0.15, 0.2) is 47.6 Å². The van der Waals surface area contributed by atoms with Gasteiger partial charge in [0.2, 0.25) is 0 Å². The van der Waals surface area contributed by atoms with Gasteiger partial charge in [-0.15, -0.1) is 0 Å². The molecule has 0 saturated heterocycles. The van der Waals surface area contributed by atoms with Gasteiger partial charge in [-0.25, -0.2) is 5.43 Å². The zero-order chi connectivity index (χ0) is 18.8. The second-order valence-electron chi connectivity index (χ2n) is 5.22. The number of carbonyl (C=O) groups is 1. The highest BCUT2D eigenvalue weighted by Crippen LogP contribution is 2.23. The number of benzene rings is 2. The zero-order valence-electron chi connectivity index (χ0n) is 14.8. The second kappa shape index (κ2) is 10.6. The van der Waals surface area contributed by atoms with Crippen molar-refractivity contribution >= 4 is 40.4 Å². The van der Waals surface area contributed by atoms with E-state index in [-0.39, 0.29) is 12.5 Å². The van der Waals surface area contributed by atoms with Crippen molar-refractivity contribution in [2.45, 2.75) is 13.8 Å². The Hall–Kier alpha value is -2.29. The van der Waals surface area contributed by atoms with E-state index < -0.39 is 0 Å². The quantitative estimate of drug-likeness (QED) is 0.336. The van der Waals surface area contributed by atoms with Gasteiger partial charge in [-0.1, -0.05) is 0 Å². The lowest BCUT2D eigenvalue weighted by atomic mass is 10.2. The van der Waals surface area contributed by atoms with Crippen LogP contribution in [0.4, 0.5) is 5.69 Å². The normalized spacial score (nSPS) is 10.6. The van der Waals surface area contributed by atoms with Crippen LogP contribution in [0.1, 0.15) is 19.4 Å². The molecule has 0 aliphatic heterocycles. The first-order valence-corrected chi connectivity index (χ1v) is 9.41. The summed E-state index contributed by atoms with van der Waals surface area (Å²) in [5, 5.41) is 7.04. The molecule has 0 spiro atoms. The number of ether oxygens (including phenoxy) is 2. The number of hydrazone groups is 1. The number of nitrogens with zero attached hydrogens (tertiary/aromatic N) is 1. The minimum atomic E-state index is -0.233. The Labute approximate surface area is 167 Å². The van der Waals surface area contributed by atoms with E-state index in [0.717, 1.165) is 20.6 Å². The van der Waals surface area contributed by atoms with Gasteiger partial charge in [-0.05, 0) is 72.8 Å². The van der Waals surface area contributed by atoms with Crippen LogP contribution in [-0.4, -0.2) is 31.9 Å². The van der Waals surface area contributed by atoms with Gasteiger partial charge < -0.3 is 14.8 Å². The van der Waals surface area contributed by atoms with Gasteiger partial charge in [0.1, 0.15) is 11.5 Å². The van der Waals surface area contributed by atoms with Gasteiger partial charge in [-0.2, -0.15) is 5.10 Å². The molecular formula is C19H22IN3O3. The summed E-state index contributed by atoms with van der Waals surface area (Å²) in [5.41, 5.74) is 4.15.